The van der Waals surface area contributed by atoms with Crippen molar-refractivity contribution in [3.8, 4) is 0 Å². The predicted molar refractivity (Wildman–Crippen MR) is 80.6 cm³/mol. The van der Waals surface area contributed by atoms with Gasteiger partial charge >= 0.3 is 6.18 Å². The molecular formula is C15H22F3NOS. The Labute approximate surface area is 128 Å². The molecule has 1 aromatic rings. The van der Waals surface area contributed by atoms with Gasteiger partial charge in [-0.2, -0.15) is 13.2 Å². The Morgan fingerprint density at radius 2 is 2.05 bits per heavy atom. The first kappa shape index (κ1) is 18.3. The third kappa shape index (κ3) is 6.28. The van der Waals surface area contributed by atoms with Crippen LogP contribution in [0.1, 0.15) is 30.9 Å². The second-order valence-corrected chi connectivity index (χ2v) is 6.03. The van der Waals surface area contributed by atoms with E-state index in [9.17, 15) is 13.2 Å². The van der Waals surface area contributed by atoms with E-state index in [-0.39, 0.29) is 10.9 Å². The predicted octanol–water partition coefficient (Wildman–Crippen LogP) is 4.11. The van der Waals surface area contributed by atoms with Crippen LogP contribution in [0.25, 0.3) is 0 Å². The van der Waals surface area contributed by atoms with Gasteiger partial charge in [-0.05, 0) is 37.0 Å². The number of ether oxygens (including phenoxy) is 1. The van der Waals surface area contributed by atoms with Crippen molar-refractivity contribution in [1.82, 2.24) is 0 Å². The molecule has 0 saturated heterocycles. The molecule has 0 saturated carbocycles. The molecule has 21 heavy (non-hydrogen) atoms. The molecule has 1 rings (SSSR count). The van der Waals surface area contributed by atoms with E-state index in [1.165, 1.54) is 17.8 Å². The summed E-state index contributed by atoms with van der Waals surface area (Å²) in [5.74, 6) is 0.602. The quantitative estimate of drug-likeness (QED) is 0.578. The van der Waals surface area contributed by atoms with E-state index >= 15 is 0 Å². The fourth-order valence-electron chi connectivity index (χ4n) is 1.88. The first-order valence-electron chi connectivity index (χ1n) is 6.96. The highest BCUT2D eigenvalue weighted by atomic mass is 32.2. The summed E-state index contributed by atoms with van der Waals surface area (Å²) in [6, 6.07) is 4.42. The van der Waals surface area contributed by atoms with Crippen molar-refractivity contribution in [2.45, 2.75) is 43.3 Å². The second-order valence-electron chi connectivity index (χ2n) is 4.90. The van der Waals surface area contributed by atoms with Gasteiger partial charge in [-0.3, -0.25) is 0 Å². The summed E-state index contributed by atoms with van der Waals surface area (Å²) in [7, 11) is 1.58. The molecule has 1 atom stereocenters. The molecule has 0 fully saturated rings. The number of hydrogen-bond donors (Lipinski definition) is 1. The van der Waals surface area contributed by atoms with Gasteiger partial charge < -0.3 is 10.5 Å². The third-order valence-electron chi connectivity index (χ3n) is 3.12. The summed E-state index contributed by atoms with van der Waals surface area (Å²) < 4.78 is 44.4. The lowest BCUT2D eigenvalue weighted by molar-refractivity contribution is -0.139. The summed E-state index contributed by atoms with van der Waals surface area (Å²) in [5, 5.41) is 0. The van der Waals surface area contributed by atoms with Crippen molar-refractivity contribution in [3.63, 3.8) is 0 Å². The van der Waals surface area contributed by atoms with E-state index in [4.69, 9.17) is 10.5 Å². The highest BCUT2D eigenvalue weighted by Crippen LogP contribution is 2.37. The van der Waals surface area contributed by atoms with Crippen LogP contribution in [-0.4, -0.2) is 25.5 Å². The molecule has 0 heterocycles. The van der Waals surface area contributed by atoms with E-state index < -0.39 is 11.7 Å². The lowest BCUT2D eigenvalue weighted by Crippen LogP contribution is -2.21. The largest absolute Gasteiger partial charge is 0.417 e. The first-order chi connectivity index (χ1) is 9.88. The third-order valence-corrected chi connectivity index (χ3v) is 4.28. The van der Waals surface area contributed by atoms with Gasteiger partial charge in [0, 0.05) is 30.4 Å². The maximum atomic E-state index is 13.2. The van der Waals surface area contributed by atoms with Crippen LogP contribution in [0.2, 0.25) is 0 Å². The Kier molecular flexibility index (Phi) is 7.56. The van der Waals surface area contributed by atoms with Crippen LogP contribution in [0.5, 0.6) is 0 Å². The topological polar surface area (TPSA) is 35.2 Å². The van der Waals surface area contributed by atoms with E-state index in [0.29, 0.717) is 24.3 Å². The molecule has 0 radical (unpaired) electrons. The number of halogens is 3. The summed E-state index contributed by atoms with van der Waals surface area (Å²) in [4.78, 5) is 0.271. The summed E-state index contributed by atoms with van der Waals surface area (Å²) in [5.41, 5.74) is 5.89. The fourth-order valence-corrected chi connectivity index (χ4v) is 2.86. The van der Waals surface area contributed by atoms with Gasteiger partial charge in [-0.15, -0.1) is 11.8 Å². The number of methoxy groups -OCH3 is 1. The van der Waals surface area contributed by atoms with Crippen molar-refractivity contribution in [1.29, 1.82) is 0 Å². The minimum absolute atomic E-state index is 0.105. The minimum atomic E-state index is -4.34. The summed E-state index contributed by atoms with van der Waals surface area (Å²) >= 11 is 1.22. The van der Waals surface area contributed by atoms with Crippen LogP contribution in [0.3, 0.4) is 0 Å². The molecule has 1 aromatic carbocycles. The Hall–Kier alpha value is -0.720. The van der Waals surface area contributed by atoms with E-state index in [0.717, 1.165) is 12.8 Å². The molecule has 2 N–H and O–H groups in total. The van der Waals surface area contributed by atoms with Crippen molar-refractivity contribution < 1.29 is 17.9 Å². The van der Waals surface area contributed by atoms with Crippen LogP contribution in [0, 0.1) is 0 Å². The second kappa shape index (κ2) is 8.66. The SMILES string of the molecule is CCC(N)Cc1ccc(SCCCOC)c(C(F)(F)F)c1. The number of nitrogens with two attached hydrogens (primary N) is 1. The number of benzene rings is 1. The molecule has 0 amide bonds. The monoisotopic (exact) mass is 321 g/mol. The molecule has 6 heteroatoms. The molecule has 0 aliphatic heterocycles. The van der Waals surface area contributed by atoms with Gasteiger partial charge in [-0.25, -0.2) is 0 Å². The number of thioether (sulfide) groups is 1. The Morgan fingerprint density at radius 3 is 2.62 bits per heavy atom. The van der Waals surface area contributed by atoms with Gasteiger partial charge in [0.25, 0.3) is 0 Å². The van der Waals surface area contributed by atoms with E-state index in [1.54, 1.807) is 19.2 Å². The smallest absolute Gasteiger partial charge is 0.385 e. The maximum Gasteiger partial charge on any atom is 0.417 e. The van der Waals surface area contributed by atoms with E-state index in [2.05, 4.69) is 0 Å². The summed E-state index contributed by atoms with van der Waals surface area (Å²) in [6.45, 7) is 2.48. The maximum absolute atomic E-state index is 13.2. The van der Waals surface area contributed by atoms with Crippen molar-refractivity contribution in [2.24, 2.45) is 5.73 Å². The first-order valence-corrected chi connectivity index (χ1v) is 7.94. The molecule has 0 aromatic heterocycles. The van der Waals surface area contributed by atoms with Crippen molar-refractivity contribution >= 4 is 11.8 Å². The zero-order valence-corrected chi connectivity index (χ0v) is 13.2. The molecule has 120 valence electrons. The number of hydrogen-bond acceptors (Lipinski definition) is 3. The highest BCUT2D eigenvalue weighted by molar-refractivity contribution is 7.99. The van der Waals surface area contributed by atoms with Crippen LogP contribution in [-0.2, 0) is 17.3 Å². The lowest BCUT2D eigenvalue weighted by atomic mass is 10.0. The van der Waals surface area contributed by atoms with E-state index in [1.807, 2.05) is 6.92 Å². The van der Waals surface area contributed by atoms with Crippen LogP contribution in [0.15, 0.2) is 23.1 Å². The molecule has 0 spiro atoms. The molecule has 2 nitrogen and oxygen atoms in total. The molecule has 1 unspecified atom stereocenters. The van der Waals surface area contributed by atoms with Gasteiger partial charge in [0.1, 0.15) is 0 Å². The Morgan fingerprint density at radius 1 is 1.33 bits per heavy atom. The van der Waals surface area contributed by atoms with Gasteiger partial charge in [-0.1, -0.05) is 13.0 Å². The van der Waals surface area contributed by atoms with Crippen molar-refractivity contribution in [2.75, 3.05) is 19.5 Å². The average molecular weight is 321 g/mol. The number of rotatable bonds is 8. The lowest BCUT2D eigenvalue weighted by Gasteiger charge is -2.15. The zero-order chi connectivity index (χ0) is 15.9. The molecule has 0 bridgehead atoms. The average Bonchev–Trinajstić information content (AvgIpc) is 2.43. The van der Waals surface area contributed by atoms with Crippen molar-refractivity contribution in [3.05, 3.63) is 29.3 Å². The fraction of sp³-hybridized carbons (Fsp3) is 0.600. The van der Waals surface area contributed by atoms with Crippen LogP contribution in [0.4, 0.5) is 13.2 Å². The van der Waals surface area contributed by atoms with Crippen LogP contribution >= 0.6 is 11.8 Å². The highest BCUT2D eigenvalue weighted by Gasteiger charge is 2.33. The van der Waals surface area contributed by atoms with Gasteiger partial charge in [0.15, 0.2) is 0 Å². The normalized spacial score (nSPS) is 13.4. The molecule has 0 aliphatic rings. The van der Waals surface area contributed by atoms with Gasteiger partial charge in [0.05, 0.1) is 5.56 Å². The summed E-state index contributed by atoms with van der Waals surface area (Å²) in [6.07, 6.45) is -2.40. The van der Waals surface area contributed by atoms with Crippen LogP contribution < -0.4 is 5.73 Å². The molecular weight excluding hydrogens is 299 g/mol. The Bertz CT molecular complexity index is 437. The minimum Gasteiger partial charge on any atom is -0.385 e. The number of alkyl halides is 3. The standard InChI is InChI=1S/C15H22F3NOS/c1-3-12(19)9-11-5-6-14(21-8-4-7-20-2)13(10-11)15(16,17)18/h5-6,10,12H,3-4,7-9,19H2,1-2H3. The zero-order valence-electron chi connectivity index (χ0n) is 12.4. The molecule has 0 aliphatic carbocycles. The Balaban J connectivity index is 2.87. The van der Waals surface area contributed by atoms with Gasteiger partial charge in [0.2, 0.25) is 0 Å².